The third kappa shape index (κ3) is 3.07. The molecule has 2 amide bonds. The van der Waals surface area contributed by atoms with Crippen LogP contribution in [0, 0.1) is 0 Å². The Morgan fingerprint density at radius 3 is 2.52 bits per heavy atom. The fraction of sp³-hybridized carbons (Fsp3) is 0.316. The van der Waals surface area contributed by atoms with Gasteiger partial charge in [-0.3, -0.25) is 14.6 Å². The Bertz CT molecular complexity index is 785. The number of benzene rings is 1. The highest BCUT2D eigenvalue weighted by atomic mass is 16.2. The minimum atomic E-state index is -0.463. The van der Waals surface area contributed by atoms with E-state index >= 15 is 0 Å². The minimum absolute atomic E-state index is 0.0113. The zero-order valence-corrected chi connectivity index (χ0v) is 13.9. The van der Waals surface area contributed by atoms with Gasteiger partial charge in [-0.15, -0.1) is 0 Å². The first-order valence-corrected chi connectivity index (χ1v) is 8.55. The van der Waals surface area contributed by atoms with Crippen LogP contribution in [0.3, 0.4) is 0 Å². The van der Waals surface area contributed by atoms with E-state index in [9.17, 15) is 9.59 Å². The van der Waals surface area contributed by atoms with Gasteiger partial charge in [-0.05, 0) is 23.8 Å². The summed E-state index contributed by atoms with van der Waals surface area (Å²) < 4.78 is 0. The molecule has 128 valence electrons. The van der Waals surface area contributed by atoms with Crippen LogP contribution in [-0.2, 0) is 11.2 Å². The summed E-state index contributed by atoms with van der Waals surface area (Å²) in [6.07, 6.45) is 4.12. The second-order valence-corrected chi connectivity index (χ2v) is 6.41. The third-order valence-corrected chi connectivity index (χ3v) is 4.91. The highest BCUT2D eigenvalue weighted by Crippen LogP contribution is 2.19. The zero-order valence-electron chi connectivity index (χ0n) is 13.9. The van der Waals surface area contributed by atoms with E-state index in [1.54, 1.807) is 18.5 Å². The summed E-state index contributed by atoms with van der Waals surface area (Å²) in [5.74, 6) is -0.146. The lowest BCUT2D eigenvalue weighted by Gasteiger charge is -2.38. The number of rotatable bonds is 2. The second-order valence-electron chi connectivity index (χ2n) is 6.41. The molecular weight excluding hydrogens is 316 g/mol. The van der Waals surface area contributed by atoms with Crippen molar-refractivity contribution in [2.75, 3.05) is 31.1 Å². The summed E-state index contributed by atoms with van der Waals surface area (Å²) in [6.45, 7) is 2.89. The Balaban J connectivity index is 1.41. The molecule has 1 saturated heterocycles. The molecule has 0 bridgehead atoms. The molecule has 4 rings (SSSR count). The Hall–Kier alpha value is -2.89. The van der Waals surface area contributed by atoms with Crippen molar-refractivity contribution >= 4 is 17.5 Å². The van der Waals surface area contributed by atoms with E-state index in [0.717, 1.165) is 24.3 Å². The summed E-state index contributed by atoms with van der Waals surface area (Å²) in [5.41, 5.74) is 2.75. The average Bonchev–Trinajstić information content (AvgIpc) is 2.68. The van der Waals surface area contributed by atoms with Crippen LogP contribution < -0.4 is 10.2 Å². The summed E-state index contributed by atoms with van der Waals surface area (Å²) in [5, 5.41) is 2.86. The number of hydrogen-bond donors (Lipinski definition) is 1. The van der Waals surface area contributed by atoms with Gasteiger partial charge < -0.3 is 15.1 Å². The number of carbonyl (C=O) groups is 2. The van der Waals surface area contributed by atoms with E-state index in [2.05, 4.69) is 15.2 Å². The van der Waals surface area contributed by atoms with E-state index in [1.165, 1.54) is 0 Å². The zero-order chi connectivity index (χ0) is 17.2. The van der Waals surface area contributed by atoms with Gasteiger partial charge in [-0.1, -0.05) is 18.2 Å². The number of hydrogen-bond acceptors (Lipinski definition) is 4. The normalized spacial score (nSPS) is 20.0. The summed E-state index contributed by atoms with van der Waals surface area (Å²) in [4.78, 5) is 33.2. The molecule has 2 aliphatic rings. The molecule has 1 aromatic carbocycles. The molecule has 0 aliphatic carbocycles. The van der Waals surface area contributed by atoms with Gasteiger partial charge in [0.2, 0.25) is 5.91 Å². The largest absolute Gasteiger partial charge is 0.368 e. The monoisotopic (exact) mass is 336 g/mol. The third-order valence-electron chi connectivity index (χ3n) is 4.91. The first-order valence-electron chi connectivity index (χ1n) is 8.55. The summed E-state index contributed by atoms with van der Waals surface area (Å²) >= 11 is 0. The quantitative estimate of drug-likeness (QED) is 0.891. The standard InChI is InChI=1S/C19H20N4O2/c24-18-16-4-2-1-3-14(16)13-17(21-18)19(25)23-11-9-22(10-12-23)15-5-7-20-8-6-15/h1-8,17H,9-13H2,(H,21,24). The van der Waals surface area contributed by atoms with Crippen LogP contribution in [0.1, 0.15) is 15.9 Å². The maximum atomic E-state index is 12.8. The number of anilines is 1. The number of carbonyl (C=O) groups excluding carboxylic acids is 2. The lowest BCUT2D eigenvalue weighted by atomic mass is 9.94. The fourth-order valence-electron chi connectivity index (χ4n) is 3.54. The molecule has 1 atom stereocenters. The molecule has 0 radical (unpaired) electrons. The van der Waals surface area contributed by atoms with Gasteiger partial charge in [0.05, 0.1) is 0 Å². The Kier molecular flexibility index (Phi) is 4.09. The molecule has 0 spiro atoms. The van der Waals surface area contributed by atoms with Crippen LogP contribution in [0.25, 0.3) is 0 Å². The van der Waals surface area contributed by atoms with Gasteiger partial charge in [0.15, 0.2) is 0 Å². The van der Waals surface area contributed by atoms with Crippen molar-refractivity contribution in [3.63, 3.8) is 0 Å². The predicted molar refractivity (Wildman–Crippen MR) is 94.4 cm³/mol. The molecule has 2 aromatic rings. The van der Waals surface area contributed by atoms with Gasteiger partial charge in [0, 0.05) is 56.2 Å². The van der Waals surface area contributed by atoms with Crippen LogP contribution >= 0.6 is 0 Å². The van der Waals surface area contributed by atoms with Gasteiger partial charge in [0.1, 0.15) is 6.04 Å². The molecule has 0 saturated carbocycles. The Morgan fingerprint density at radius 1 is 1.04 bits per heavy atom. The number of amides is 2. The molecule has 6 heteroatoms. The Labute approximate surface area is 146 Å². The van der Waals surface area contributed by atoms with Gasteiger partial charge in [0.25, 0.3) is 5.91 Å². The first-order chi connectivity index (χ1) is 12.2. The molecule has 1 N–H and O–H groups in total. The summed E-state index contributed by atoms with van der Waals surface area (Å²) in [7, 11) is 0. The van der Waals surface area contributed by atoms with Gasteiger partial charge in [-0.2, -0.15) is 0 Å². The van der Waals surface area contributed by atoms with E-state index in [1.807, 2.05) is 35.2 Å². The smallest absolute Gasteiger partial charge is 0.252 e. The molecule has 1 fully saturated rings. The molecule has 1 unspecified atom stereocenters. The van der Waals surface area contributed by atoms with Crippen molar-refractivity contribution in [2.24, 2.45) is 0 Å². The molecule has 3 heterocycles. The molecule has 6 nitrogen and oxygen atoms in total. The minimum Gasteiger partial charge on any atom is -0.368 e. The number of aromatic nitrogens is 1. The van der Waals surface area contributed by atoms with Gasteiger partial charge >= 0.3 is 0 Å². The predicted octanol–water partition coefficient (Wildman–Crippen LogP) is 1.08. The van der Waals surface area contributed by atoms with Crippen molar-refractivity contribution in [3.8, 4) is 0 Å². The average molecular weight is 336 g/mol. The van der Waals surface area contributed by atoms with Crippen molar-refractivity contribution in [1.82, 2.24) is 15.2 Å². The van der Waals surface area contributed by atoms with Crippen molar-refractivity contribution in [2.45, 2.75) is 12.5 Å². The van der Waals surface area contributed by atoms with Crippen molar-refractivity contribution in [3.05, 3.63) is 59.9 Å². The Morgan fingerprint density at radius 2 is 1.76 bits per heavy atom. The number of nitrogens with zero attached hydrogens (tertiary/aromatic N) is 3. The molecule has 25 heavy (non-hydrogen) atoms. The van der Waals surface area contributed by atoms with E-state index < -0.39 is 6.04 Å². The number of nitrogens with one attached hydrogen (secondary N) is 1. The van der Waals surface area contributed by atoms with Crippen molar-refractivity contribution in [1.29, 1.82) is 0 Å². The summed E-state index contributed by atoms with van der Waals surface area (Å²) in [6, 6.07) is 11.0. The highest BCUT2D eigenvalue weighted by Gasteiger charge is 2.32. The SMILES string of the molecule is O=C1NC(C(=O)N2CCN(c3ccncc3)CC2)Cc2ccccc21. The number of piperazine rings is 1. The van der Waals surface area contributed by atoms with E-state index in [-0.39, 0.29) is 11.8 Å². The molecule has 1 aromatic heterocycles. The highest BCUT2D eigenvalue weighted by molar-refractivity contribution is 6.00. The molecule has 2 aliphatic heterocycles. The lowest BCUT2D eigenvalue weighted by molar-refractivity contribution is -0.133. The lowest BCUT2D eigenvalue weighted by Crippen LogP contribution is -2.56. The van der Waals surface area contributed by atoms with E-state index in [0.29, 0.717) is 25.1 Å². The van der Waals surface area contributed by atoms with Crippen molar-refractivity contribution < 1.29 is 9.59 Å². The van der Waals surface area contributed by atoms with Crippen LogP contribution in [0.4, 0.5) is 5.69 Å². The maximum Gasteiger partial charge on any atom is 0.252 e. The van der Waals surface area contributed by atoms with Crippen LogP contribution in [-0.4, -0.2) is 53.9 Å². The fourth-order valence-corrected chi connectivity index (χ4v) is 3.54. The van der Waals surface area contributed by atoms with Crippen LogP contribution in [0.5, 0.6) is 0 Å². The van der Waals surface area contributed by atoms with Crippen LogP contribution in [0.15, 0.2) is 48.8 Å². The topological polar surface area (TPSA) is 65.5 Å². The maximum absolute atomic E-state index is 12.8. The van der Waals surface area contributed by atoms with E-state index in [4.69, 9.17) is 0 Å². The van der Waals surface area contributed by atoms with Crippen LogP contribution in [0.2, 0.25) is 0 Å². The first kappa shape index (κ1) is 15.6. The van der Waals surface area contributed by atoms with Gasteiger partial charge in [-0.25, -0.2) is 0 Å². The number of pyridine rings is 1. The number of fused-ring (bicyclic) bond motifs is 1. The second kappa shape index (κ2) is 6.55. The molecular formula is C19H20N4O2.